The molecule has 1 aromatic heterocycles. The summed E-state index contributed by atoms with van der Waals surface area (Å²) in [5.74, 6) is 1.01. The lowest BCUT2D eigenvalue weighted by Crippen LogP contribution is -2.59. The van der Waals surface area contributed by atoms with Crippen LogP contribution in [0.2, 0.25) is 0 Å². The maximum Gasteiger partial charge on any atom is 0.410 e. The lowest BCUT2D eigenvalue weighted by Gasteiger charge is -2.54. The van der Waals surface area contributed by atoms with Gasteiger partial charge in [0, 0.05) is 68.6 Å². The van der Waals surface area contributed by atoms with Crippen LogP contribution in [0.25, 0.3) is 0 Å². The van der Waals surface area contributed by atoms with Gasteiger partial charge in [-0.15, -0.1) is 0 Å². The summed E-state index contributed by atoms with van der Waals surface area (Å²) in [6.07, 6.45) is 3.93. The number of aromatic nitrogens is 1. The monoisotopic (exact) mass is 466 g/mol. The fourth-order valence-electron chi connectivity index (χ4n) is 4.38. The van der Waals surface area contributed by atoms with Crippen LogP contribution >= 0.6 is 15.9 Å². The number of ether oxygens (including phenoxy) is 2. The first-order chi connectivity index (χ1) is 13.7. The van der Waals surface area contributed by atoms with E-state index in [4.69, 9.17) is 14.5 Å². The molecule has 0 saturated carbocycles. The summed E-state index contributed by atoms with van der Waals surface area (Å²) in [5.41, 5.74) is 1.13. The van der Waals surface area contributed by atoms with E-state index >= 15 is 0 Å². The van der Waals surface area contributed by atoms with Crippen molar-refractivity contribution in [3.05, 3.63) is 16.7 Å². The van der Waals surface area contributed by atoms with Crippen LogP contribution in [-0.4, -0.2) is 74.1 Å². The van der Waals surface area contributed by atoms with Gasteiger partial charge < -0.3 is 24.2 Å². The van der Waals surface area contributed by atoms with Gasteiger partial charge in [0.05, 0.1) is 5.69 Å². The number of pyridine rings is 1. The molecule has 0 N–H and O–H groups in total. The second kappa shape index (κ2) is 7.95. The molecule has 1 spiro atoms. The van der Waals surface area contributed by atoms with Crippen LogP contribution in [0, 0.1) is 5.41 Å². The topological polar surface area (TPSA) is 58.1 Å². The van der Waals surface area contributed by atoms with Gasteiger partial charge in [-0.25, -0.2) is 9.78 Å². The number of hydrogen-bond donors (Lipinski definition) is 0. The highest BCUT2D eigenvalue weighted by Crippen LogP contribution is 2.44. The first-order valence-electron chi connectivity index (χ1n) is 10.5. The molecule has 0 atom stereocenters. The van der Waals surface area contributed by atoms with Gasteiger partial charge >= 0.3 is 6.09 Å². The van der Waals surface area contributed by atoms with Crippen molar-refractivity contribution in [2.75, 3.05) is 62.3 Å². The summed E-state index contributed by atoms with van der Waals surface area (Å²) in [7, 11) is 0. The van der Waals surface area contributed by atoms with E-state index in [0.717, 1.165) is 62.5 Å². The molecular formula is C21H31BrN4O3. The number of amides is 1. The number of carbonyl (C=O) groups excluding carboxylic acids is 1. The minimum Gasteiger partial charge on any atom is -0.444 e. The van der Waals surface area contributed by atoms with Crippen LogP contribution in [0.4, 0.5) is 16.3 Å². The summed E-state index contributed by atoms with van der Waals surface area (Å²) in [5, 5.41) is 0. The Labute approximate surface area is 181 Å². The number of rotatable bonds is 2. The Hall–Kier alpha value is -1.54. The van der Waals surface area contributed by atoms with Crippen LogP contribution in [-0.2, 0) is 9.47 Å². The zero-order valence-electron chi connectivity index (χ0n) is 17.6. The second-order valence-corrected chi connectivity index (χ2v) is 10.3. The zero-order chi connectivity index (χ0) is 20.6. The molecule has 3 aliphatic heterocycles. The summed E-state index contributed by atoms with van der Waals surface area (Å²) >= 11 is 3.59. The van der Waals surface area contributed by atoms with Crippen molar-refractivity contribution in [3.63, 3.8) is 0 Å². The summed E-state index contributed by atoms with van der Waals surface area (Å²) in [4.78, 5) is 23.6. The third-order valence-electron chi connectivity index (χ3n) is 5.99. The molecule has 3 saturated heterocycles. The first-order valence-corrected chi connectivity index (χ1v) is 11.3. The number of halogens is 1. The quantitative estimate of drug-likeness (QED) is 0.664. The highest BCUT2D eigenvalue weighted by molar-refractivity contribution is 9.10. The Morgan fingerprint density at radius 3 is 2.41 bits per heavy atom. The third-order valence-corrected chi connectivity index (χ3v) is 6.43. The van der Waals surface area contributed by atoms with E-state index in [1.165, 1.54) is 5.69 Å². The van der Waals surface area contributed by atoms with E-state index in [9.17, 15) is 4.79 Å². The molecule has 4 heterocycles. The molecule has 0 unspecified atom stereocenters. The maximum absolute atomic E-state index is 12.3. The Bertz CT molecular complexity index is 745. The van der Waals surface area contributed by atoms with Gasteiger partial charge in [-0.1, -0.05) is 0 Å². The Morgan fingerprint density at radius 2 is 1.79 bits per heavy atom. The summed E-state index contributed by atoms with van der Waals surface area (Å²) < 4.78 is 12.1. The highest BCUT2D eigenvalue weighted by atomic mass is 79.9. The van der Waals surface area contributed by atoms with Crippen LogP contribution in [0.1, 0.15) is 33.6 Å². The average molecular weight is 467 g/mol. The fraction of sp³-hybridized carbons (Fsp3) is 0.714. The largest absolute Gasteiger partial charge is 0.444 e. The molecule has 3 aliphatic rings. The molecule has 1 amide bonds. The Morgan fingerprint density at radius 1 is 1.14 bits per heavy atom. The average Bonchev–Trinajstić information content (AvgIpc) is 2.65. The van der Waals surface area contributed by atoms with Gasteiger partial charge in [-0.2, -0.15) is 0 Å². The van der Waals surface area contributed by atoms with Gasteiger partial charge in [0.2, 0.25) is 0 Å². The Kier molecular flexibility index (Phi) is 5.68. The van der Waals surface area contributed by atoms with Gasteiger partial charge in [-0.3, -0.25) is 0 Å². The van der Waals surface area contributed by atoms with Crippen molar-refractivity contribution in [2.45, 2.75) is 39.2 Å². The molecule has 0 aliphatic carbocycles. The van der Waals surface area contributed by atoms with Gasteiger partial charge in [0.1, 0.15) is 5.60 Å². The molecule has 1 aromatic rings. The van der Waals surface area contributed by atoms with Crippen molar-refractivity contribution in [3.8, 4) is 0 Å². The molecular weight excluding hydrogens is 436 g/mol. The van der Waals surface area contributed by atoms with Crippen molar-refractivity contribution in [2.24, 2.45) is 5.41 Å². The van der Waals surface area contributed by atoms with E-state index in [1.54, 1.807) is 4.90 Å². The van der Waals surface area contributed by atoms with E-state index in [2.05, 4.69) is 31.8 Å². The van der Waals surface area contributed by atoms with Crippen molar-refractivity contribution in [1.82, 2.24) is 9.88 Å². The van der Waals surface area contributed by atoms with Gasteiger partial charge in [0.25, 0.3) is 0 Å². The van der Waals surface area contributed by atoms with E-state index in [0.29, 0.717) is 18.5 Å². The van der Waals surface area contributed by atoms with E-state index in [1.807, 2.05) is 27.0 Å². The van der Waals surface area contributed by atoms with Crippen LogP contribution in [0.15, 0.2) is 16.7 Å². The summed E-state index contributed by atoms with van der Waals surface area (Å²) in [6.45, 7) is 12.4. The van der Waals surface area contributed by atoms with Crippen molar-refractivity contribution < 1.29 is 14.3 Å². The minimum absolute atomic E-state index is 0.231. The first kappa shape index (κ1) is 20.7. The SMILES string of the molecule is CC(C)(C)OC(=O)N1CCN(c2ncc(Br)cc2N2CC3(CCOCC3)C2)CC1. The van der Waals surface area contributed by atoms with Gasteiger partial charge in [0.15, 0.2) is 5.82 Å². The lowest BCUT2D eigenvalue weighted by molar-refractivity contribution is -0.000215. The van der Waals surface area contributed by atoms with Gasteiger partial charge in [-0.05, 0) is 55.6 Å². The van der Waals surface area contributed by atoms with Crippen molar-refractivity contribution >= 4 is 33.5 Å². The molecule has 8 heteroatoms. The zero-order valence-corrected chi connectivity index (χ0v) is 19.2. The number of nitrogens with zero attached hydrogens (tertiary/aromatic N) is 4. The number of hydrogen-bond acceptors (Lipinski definition) is 6. The smallest absolute Gasteiger partial charge is 0.410 e. The van der Waals surface area contributed by atoms with Crippen molar-refractivity contribution in [1.29, 1.82) is 0 Å². The molecule has 4 rings (SSSR count). The predicted octanol–water partition coefficient (Wildman–Crippen LogP) is 3.52. The predicted molar refractivity (Wildman–Crippen MR) is 117 cm³/mol. The second-order valence-electron chi connectivity index (χ2n) is 9.42. The molecule has 0 bridgehead atoms. The molecule has 29 heavy (non-hydrogen) atoms. The number of anilines is 2. The standard InChI is InChI=1S/C21H31BrN4O3/c1-20(2,3)29-19(27)25-8-6-24(7-9-25)18-17(12-16(22)13-23-18)26-14-21(15-26)4-10-28-11-5-21/h12-13H,4-11,14-15H2,1-3H3. The summed E-state index contributed by atoms with van der Waals surface area (Å²) in [6, 6.07) is 2.18. The fourth-order valence-corrected chi connectivity index (χ4v) is 4.70. The molecule has 0 radical (unpaired) electrons. The normalized spacial score (nSPS) is 21.9. The minimum atomic E-state index is -0.466. The molecule has 3 fully saturated rings. The molecule has 0 aromatic carbocycles. The van der Waals surface area contributed by atoms with Crippen LogP contribution in [0.3, 0.4) is 0 Å². The number of piperazine rings is 1. The van der Waals surface area contributed by atoms with E-state index < -0.39 is 5.60 Å². The van der Waals surface area contributed by atoms with Crippen LogP contribution in [0.5, 0.6) is 0 Å². The maximum atomic E-state index is 12.3. The lowest BCUT2D eigenvalue weighted by atomic mass is 9.73. The molecule has 7 nitrogen and oxygen atoms in total. The molecule has 160 valence electrons. The van der Waals surface area contributed by atoms with Crippen LogP contribution < -0.4 is 9.80 Å². The number of carbonyl (C=O) groups is 1. The Balaban J connectivity index is 1.42. The third kappa shape index (κ3) is 4.63. The highest BCUT2D eigenvalue weighted by Gasteiger charge is 2.45. The van der Waals surface area contributed by atoms with E-state index in [-0.39, 0.29) is 6.09 Å².